The van der Waals surface area contributed by atoms with Crippen molar-refractivity contribution in [2.75, 3.05) is 33.0 Å². The summed E-state index contributed by atoms with van der Waals surface area (Å²) in [6.45, 7) is 3.89. The van der Waals surface area contributed by atoms with Gasteiger partial charge < -0.3 is 24.4 Å². The van der Waals surface area contributed by atoms with Crippen molar-refractivity contribution in [3.63, 3.8) is 0 Å². The van der Waals surface area contributed by atoms with E-state index in [0.29, 0.717) is 27.0 Å². The molecule has 0 amide bonds. The van der Waals surface area contributed by atoms with Crippen LogP contribution in [0.4, 0.5) is 0 Å². The van der Waals surface area contributed by atoms with Gasteiger partial charge in [-0.1, -0.05) is 0 Å². The van der Waals surface area contributed by atoms with E-state index in [4.69, 9.17) is 14.2 Å². The number of carboxylic acid groups (broad SMARTS) is 2. The third kappa shape index (κ3) is 5.81. The second kappa shape index (κ2) is 10.9. The number of hydrogen-bond acceptors (Lipinski definition) is 5. The molecule has 0 saturated heterocycles. The molecule has 2 N–H and O–H groups in total. The molecular weight excluding hydrogens is 661 g/mol. The van der Waals surface area contributed by atoms with E-state index in [0.717, 1.165) is 0 Å². The minimum atomic E-state index is -1.19. The van der Waals surface area contributed by atoms with Crippen LogP contribution in [0, 0.1) is 10.7 Å². The second-order valence-corrected chi connectivity index (χ2v) is 7.53. The Labute approximate surface area is 179 Å². The van der Waals surface area contributed by atoms with E-state index in [-0.39, 0.29) is 33.7 Å². The largest absolute Gasteiger partial charge is 0.489 e. The number of benzene rings is 1. The molecule has 1 rings (SSSR count). The van der Waals surface area contributed by atoms with E-state index in [1.807, 2.05) is 52.1 Å². The van der Waals surface area contributed by atoms with Crippen LogP contribution in [0.15, 0.2) is 0 Å². The Kier molecular flexibility index (Phi) is 10.1. The maximum Gasteiger partial charge on any atom is 0.338 e. The van der Waals surface area contributed by atoms with Crippen molar-refractivity contribution in [2.24, 2.45) is 0 Å². The van der Waals surface area contributed by atoms with Gasteiger partial charge >= 0.3 is 11.9 Å². The molecule has 0 aromatic heterocycles. The van der Waals surface area contributed by atoms with Crippen LogP contribution in [-0.4, -0.2) is 55.2 Å². The monoisotopic (exact) mass is 676 g/mol. The molecule has 134 valence electrons. The summed E-state index contributed by atoms with van der Waals surface area (Å²) >= 11 is 5.45. The van der Waals surface area contributed by atoms with E-state index in [2.05, 4.69) is 0 Å². The topological polar surface area (TPSA) is 102 Å². The zero-order valence-electron chi connectivity index (χ0n) is 12.6. The highest BCUT2D eigenvalue weighted by Crippen LogP contribution is 2.37. The predicted octanol–water partition coefficient (Wildman–Crippen LogP) is 3.33. The highest BCUT2D eigenvalue weighted by molar-refractivity contribution is 14.1. The molecule has 1 aromatic carbocycles. The average Bonchev–Trinajstić information content (AvgIpc) is 2.48. The van der Waals surface area contributed by atoms with Crippen molar-refractivity contribution in [2.45, 2.75) is 6.92 Å². The minimum absolute atomic E-state index is 0.0683. The first-order valence-corrected chi connectivity index (χ1v) is 10.0. The van der Waals surface area contributed by atoms with Crippen molar-refractivity contribution in [1.82, 2.24) is 0 Å². The molecule has 0 saturated carbocycles. The fourth-order valence-corrected chi connectivity index (χ4v) is 6.11. The van der Waals surface area contributed by atoms with Gasteiger partial charge in [0.2, 0.25) is 0 Å². The summed E-state index contributed by atoms with van der Waals surface area (Å²) < 4.78 is 17.0. The van der Waals surface area contributed by atoms with E-state index in [9.17, 15) is 19.8 Å². The standard InChI is InChI=1S/C14H15I3O7/c1-2-22-3-4-23-5-6-24-12-10(16)7(13(18)19)9(15)8(11(12)17)14(20)21/h2-6H2,1H3,(H,18,19)(H,20,21). The normalized spacial score (nSPS) is 10.7. The third-order valence-electron chi connectivity index (χ3n) is 2.75. The molecule has 0 aliphatic rings. The van der Waals surface area contributed by atoms with Crippen molar-refractivity contribution in [3.8, 4) is 5.75 Å². The van der Waals surface area contributed by atoms with Gasteiger partial charge in [0.15, 0.2) is 0 Å². The SMILES string of the molecule is CCOCCOCCOc1c(I)c(C(=O)O)c(I)c(C(=O)O)c1I. The van der Waals surface area contributed by atoms with Gasteiger partial charge in [0, 0.05) is 10.2 Å². The molecule has 0 atom stereocenters. The van der Waals surface area contributed by atoms with Crippen LogP contribution < -0.4 is 4.74 Å². The molecule has 0 spiro atoms. The van der Waals surface area contributed by atoms with Crippen LogP contribution in [-0.2, 0) is 9.47 Å². The zero-order chi connectivity index (χ0) is 18.3. The van der Waals surface area contributed by atoms with Crippen LogP contribution in [0.1, 0.15) is 27.6 Å². The summed E-state index contributed by atoms with van der Waals surface area (Å²) in [7, 11) is 0. The summed E-state index contributed by atoms with van der Waals surface area (Å²) in [5.74, 6) is -2.14. The number of ether oxygens (including phenoxy) is 3. The number of carboxylic acids is 2. The molecule has 0 aliphatic carbocycles. The summed E-state index contributed by atoms with van der Waals surface area (Å²) in [5, 5.41) is 18.7. The lowest BCUT2D eigenvalue weighted by molar-refractivity contribution is 0.0402. The molecule has 0 radical (unpaired) electrons. The molecule has 0 bridgehead atoms. The van der Waals surface area contributed by atoms with E-state index in [1.165, 1.54) is 0 Å². The van der Waals surface area contributed by atoms with Gasteiger partial charge in [0.05, 0.1) is 38.1 Å². The fourth-order valence-electron chi connectivity index (χ4n) is 1.71. The molecular formula is C14H15I3O7. The van der Waals surface area contributed by atoms with Crippen LogP contribution in [0.25, 0.3) is 0 Å². The summed E-state index contributed by atoms with van der Waals surface area (Å²) in [6, 6.07) is 0. The average molecular weight is 676 g/mol. The fraction of sp³-hybridized carbons (Fsp3) is 0.429. The second-order valence-electron chi connectivity index (χ2n) is 4.29. The Morgan fingerprint density at radius 1 is 0.833 bits per heavy atom. The van der Waals surface area contributed by atoms with Crippen molar-refractivity contribution >= 4 is 79.7 Å². The first-order valence-electron chi connectivity index (χ1n) is 6.78. The molecule has 1 aromatic rings. The lowest BCUT2D eigenvalue weighted by Gasteiger charge is -2.16. The Morgan fingerprint density at radius 2 is 1.29 bits per heavy atom. The molecule has 0 fully saturated rings. The highest BCUT2D eigenvalue weighted by atomic mass is 127. The number of aromatic carboxylic acids is 2. The van der Waals surface area contributed by atoms with Crippen molar-refractivity contribution < 1.29 is 34.0 Å². The van der Waals surface area contributed by atoms with Gasteiger partial charge in [-0.05, 0) is 74.7 Å². The Morgan fingerprint density at radius 3 is 1.75 bits per heavy atom. The molecule has 10 heteroatoms. The molecule has 24 heavy (non-hydrogen) atoms. The molecule has 0 unspecified atom stereocenters. The summed E-state index contributed by atoms with van der Waals surface area (Å²) in [5.41, 5.74) is -0.137. The maximum absolute atomic E-state index is 11.5. The Balaban J connectivity index is 2.94. The Hall–Kier alpha value is 0.0700. The van der Waals surface area contributed by atoms with E-state index < -0.39 is 11.9 Å². The van der Waals surface area contributed by atoms with Gasteiger partial charge in [-0.15, -0.1) is 0 Å². The lowest BCUT2D eigenvalue weighted by atomic mass is 10.1. The van der Waals surface area contributed by atoms with Gasteiger partial charge in [-0.3, -0.25) is 0 Å². The number of halogens is 3. The van der Waals surface area contributed by atoms with E-state index in [1.54, 1.807) is 22.6 Å². The van der Waals surface area contributed by atoms with Gasteiger partial charge in [-0.2, -0.15) is 0 Å². The molecule has 7 nitrogen and oxygen atoms in total. The lowest BCUT2D eigenvalue weighted by Crippen LogP contribution is -2.16. The van der Waals surface area contributed by atoms with E-state index >= 15 is 0 Å². The summed E-state index contributed by atoms with van der Waals surface area (Å²) in [6.07, 6.45) is 0. The van der Waals surface area contributed by atoms with Crippen LogP contribution in [0.2, 0.25) is 0 Å². The number of carbonyl (C=O) groups is 2. The highest BCUT2D eigenvalue weighted by Gasteiger charge is 2.28. The zero-order valence-corrected chi connectivity index (χ0v) is 19.1. The molecule has 0 aliphatic heterocycles. The minimum Gasteiger partial charge on any atom is -0.489 e. The quantitative estimate of drug-likeness (QED) is 0.290. The first kappa shape index (κ1) is 22.1. The van der Waals surface area contributed by atoms with Gasteiger partial charge in [0.25, 0.3) is 0 Å². The van der Waals surface area contributed by atoms with Crippen molar-refractivity contribution in [3.05, 3.63) is 21.8 Å². The first-order chi connectivity index (χ1) is 11.3. The number of hydrogen-bond donors (Lipinski definition) is 2. The summed E-state index contributed by atoms with van der Waals surface area (Å²) in [4.78, 5) is 22.9. The maximum atomic E-state index is 11.5. The van der Waals surface area contributed by atoms with Crippen LogP contribution in [0.5, 0.6) is 5.75 Å². The third-order valence-corrected chi connectivity index (χ3v) is 5.89. The Bertz CT molecular complexity index is 578. The number of rotatable bonds is 10. The van der Waals surface area contributed by atoms with Crippen LogP contribution in [0.3, 0.4) is 0 Å². The smallest absolute Gasteiger partial charge is 0.338 e. The van der Waals surface area contributed by atoms with Crippen LogP contribution >= 0.6 is 67.8 Å². The van der Waals surface area contributed by atoms with Gasteiger partial charge in [0.1, 0.15) is 12.4 Å². The van der Waals surface area contributed by atoms with Gasteiger partial charge in [-0.25, -0.2) is 9.59 Å². The molecule has 0 heterocycles. The van der Waals surface area contributed by atoms with Crippen molar-refractivity contribution in [1.29, 1.82) is 0 Å². The predicted molar refractivity (Wildman–Crippen MR) is 111 cm³/mol.